The van der Waals surface area contributed by atoms with Gasteiger partial charge < -0.3 is 19.8 Å². The van der Waals surface area contributed by atoms with Gasteiger partial charge in [-0.2, -0.15) is 0 Å². The third-order valence-electron chi connectivity index (χ3n) is 3.05. The van der Waals surface area contributed by atoms with Gasteiger partial charge in [-0.15, -0.1) is 0 Å². The molecule has 1 atom stereocenters. The summed E-state index contributed by atoms with van der Waals surface area (Å²) in [6, 6.07) is 7.82. The van der Waals surface area contributed by atoms with Crippen LogP contribution in [0.4, 0.5) is 0 Å². The standard InChI is InChI=1S/C16H23N3O2/c1-3-20-14-6-4-5-7-15(14)21-11-10-19-9-8-18-16(19)12-13(2)17/h4-9,13H,3,10-12,17H2,1-2H3. The van der Waals surface area contributed by atoms with E-state index < -0.39 is 0 Å². The quantitative estimate of drug-likeness (QED) is 0.809. The molecule has 0 aliphatic carbocycles. The van der Waals surface area contributed by atoms with Crippen molar-refractivity contribution in [1.29, 1.82) is 0 Å². The first kappa shape index (κ1) is 15.4. The Balaban J connectivity index is 1.91. The highest BCUT2D eigenvalue weighted by molar-refractivity contribution is 5.39. The van der Waals surface area contributed by atoms with E-state index in [1.807, 2.05) is 44.3 Å². The molecule has 1 aromatic carbocycles. The molecule has 0 fully saturated rings. The smallest absolute Gasteiger partial charge is 0.161 e. The van der Waals surface area contributed by atoms with Gasteiger partial charge in [0.25, 0.3) is 0 Å². The van der Waals surface area contributed by atoms with Crippen LogP contribution in [0.25, 0.3) is 0 Å². The first-order valence-corrected chi connectivity index (χ1v) is 7.31. The lowest BCUT2D eigenvalue weighted by molar-refractivity contribution is 0.265. The van der Waals surface area contributed by atoms with Crippen LogP contribution < -0.4 is 15.2 Å². The van der Waals surface area contributed by atoms with Gasteiger partial charge in [-0.3, -0.25) is 0 Å². The lowest BCUT2D eigenvalue weighted by Gasteiger charge is -2.13. The van der Waals surface area contributed by atoms with Gasteiger partial charge in [0, 0.05) is 24.9 Å². The second-order valence-electron chi connectivity index (χ2n) is 4.95. The fourth-order valence-electron chi connectivity index (χ4n) is 2.12. The summed E-state index contributed by atoms with van der Waals surface area (Å²) in [6.45, 7) is 5.87. The molecule has 0 aliphatic rings. The maximum absolute atomic E-state index is 5.82. The summed E-state index contributed by atoms with van der Waals surface area (Å²) in [6.07, 6.45) is 4.52. The van der Waals surface area contributed by atoms with E-state index >= 15 is 0 Å². The summed E-state index contributed by atoms with van der Waals surface area (Å²) in [5, 5.41) is 0. The van der Waals surface area contributed by atoms with Crippen LogP contribution in [0.2, 0.25) is 0 Å². The minimum Gasteiger partial charge on any atom is -0.490 e. The van der Waals surface area contributed by atoms with Crippen LogP contribution in [0.5, 0.6) is 11.5 Å². The molecule has 5 heteroatoms. The summed E-state index contributed by atoms with van der Waals surface area (Å²) in [5.41, 5.74) is 5.82. The van der Waals surface area contributed by atoms with Crippen molar-refractivity contribution in [3.63, 3.8) is 0 Å². The van der Waals surface area contributed by atoms with Crippen molar-refractivity contribution in [2.45, 2.75) is 32.9 Å². The third-order valence-corrected chi connectivity index (χ3v) is 3.05. The van der Waals surface area contributed by atoms with E-state index in [0.717, 1.165) is 30.3 Å². The van der Waals surface area contributed by atoms with Crippen molar-refractivity contribution >= 4 is 0 Å². The molecule has 2 rings (SSSR count). The highest BCUT2D eigenvalue weighted by atomic mass is 16.5. The SMILES string of the molecule is CCOc1ccccc1OCCn1ccnc1CC(C)N. The Bertz CT molecular complexity index is 552. The number of aromatic nitrogens is 2. The molecule has 2 N–H and O–H groups in total. The molecular formula is C16H23N3O2. The van der Waals surface area contributed by atoms with Crippen LogP contribution in [0.3, 0.4) is 0 Å². The Morgan fingerprint density at radius 3 is 2.62 bits per heavy atom. The molecule has 0 saturated heterocycles. The van der Waals surface area contributed by atoms with E-state index in [2.05, 4.69) is 9.55 Å². The molecule has 0 spiro atoms. The predicted octanol–water partition coefficient (Wildman–Crippen LogP) is 2.25. The highest BCUT2D eigenvalue weighted by Crippen LogP contribution is 2.26. The zero-order chi connectivity index (χ0) is 15.1. The number of rotatable bonds is 8. The van der Waals surface area contributed by atoms with Crippen LogP contribution in [0.1, 0.15) is 19.7 Å². The fraction of sp³-hybridized carbons (Fsp3) is 0.438. The molecule has 1 unspecified atom stereocenters. The Morgan fingerprint density at radius 1 is 1.24 bits per heavy atom. The minimum atomic E-state index is 0.103. The molecule has 0 saturated carbocycles. The highest BCUT2D eigenvalue weighted by Gasteiger charge is 2.07. The molecule has 1 heterocycles. The number of para-hydroxylation sites is 2. The first-order chi connectivity index (χ1) is 10.2. The maximum atomic E-state index is 5.82. The molecular weight excluding hydrogens is 266 g/mol. The second-order valence-corrected chi connectivity index (χ2v) is 4.95. The molecule has 21 heavy (non-hydrogen) atoms. The molecule has 114 valence electrons. The first-order valence-electron chi connectivity index (χ1n) is 7.31. The number of ether oxygens (including phenoxy) is 2. The molecule has 5 nitrogen and oxygen atoms in total. The topological polar surface area (TPSA) is 62.3 Å². The van der Waals surface area contributed by atoms with Gasteiger partial charge in [-0.1, -0.05) is 12.1 Å². The van der Waals surface area contributed by atoms with Crippen LogP contribution in [-0.4, -0.2) is 28.8 Å². The number of benzene rings is 1. The average molecular weight is 289 g/mol. The van der Waals surface area contributed by atoms with Gasteiger partial charge in [0.05, 0.1) is 13.2 Å². The summed E-state index contributed by atoms with van der Waals surface area (Å²) < 4.78 is 13.4. The minimum absolute atomic E-state index is 0.103. The lowest BCUT2D eigenvalue weighted by atomic mass is 10.2. The van der Waals surface area contributed by atoms with Crippen molar-refractivity contribution in [2.24, 2.45) is 5.73 Å². The van der Waals surface area contributed by atoms with Gasteiger partial charge in [0.2, 0.25) is 0 Å². The second kappa shape index (κ2) is 7.69. The van der Waals surface area contributed by atoms with Crippen molar-refractivity contribution in [3.8, 4) is 11.5 Å². The van der Waals surface area contributed by atoms with E-state index in [0.29, 0.717) is 13.2 Å². The van der Waals surface area contributed by atoms with Gasteiger partial charge in [0.15, 0.2) is 11.5 Å². The number of hydrogen-bond donors (Lipinski definition) is 1. The average Bonchev–Trinajstić information content (AvgIpc) is 2.88. The van der Waals surface area contributed by atoms with E-state index in [-0.39, 0.29) is 6.04 Å². The van der Waals surface area contributed by atoms with Gasteiger partial charge in [-0.05, 0) is 26.0 Å². The molecule has 0 bridgehead atoms. The van der Waals surface area contributed by atoms with E-state index in [1.54, 1.807) is 6.20 Å². The molecule has 0 radical (unpaired) electrons. The van der Waals surface area contributed by atoms with Crippen molar-refractivity contribution in [2.75, 3.05) is 13.2 Å². The Hall–Kier alpha value is -2.01. The van der Waals surface area contributed by atoms with Crippen LogP contribution in [0, 0.1) is 0 Å². The molecule has 1 aromatic heterocycles. The number of nitrogens with zero attached hydrogens (tertiary/aromatic N) is 2. The summed E-state index contributed by atoms with van der Waals surface area (Å²) in [4.78, 5) is 4.33. The Labute approximate surface area is 125 Å². The van der Waals surface area contributed by atoms with E-state index in [4.69, 9.17) is 15.2 Å². The molecule has 0 aliphatic heterocycles. The molecule has 0 amide bonds. The van der Waals surface area contributed by atoms with Crippen molar-refractivity contribution in [3.05, 3.63) is 42.5 Å². The van der Waals surface area contributed by atoms with Crippen LogP contribution >= 0.6 is 0 Å². The van der Waals surface area contributed by atoms with Crippen molar-refractivity contribution in [1.82, 2.24) is 9.55 Å². The molecule has 2 aromatic rings. The Morgan fingerprint density at radius 2 is 1.95 bits per heavy atom. The third kappa shape index (κ3) is 4.49. The fourth-order valence-corrected chi connectivity index (χ4v) is 2.12. The number of hydrogen-bond acceptors (Lipinski definition) is 4. The largest absolute Gasteiger partial charge is 0.490 e. The number of nitrogens with two attached hydrogens (primary N) is 1. The normalized spacial score (nSPS) is 12.1. The summed E-state index contributed by atoms with van der Waals surface area (Å²) >= 11 is 0. The van der Waals surface area contributed by atoms with Crippen LogP contribution in [-0.2, 0) is 13.0 Å². The van der Waals surface area contributed by atoms with Gasteiger partial charge in [-0.25, -0.2) is 4.98 Å². The van der Waals surface area contributed by atoms with E-state index in [1.165, 1.54) is 0 Å². The monoisotopic (exact) mass is 289 g/mol. The van der Waals surface area contributed by atoms with Gasteiger partial charge in [0.1, 0.15) is 12.4 Å². The predicted molar refractivity (Wildman–Crippen MR) is 82.7 cm³/mol. The number of imidazole rings is 1. The van der Waals surface area contributed by atoms with Gasteiger partial charge >= 0.3 is 0 Å². The Kier molecular flexibility index (Phi) is 5.63. The van der Waals surface area contributed by atoms with Crippen molar-refractivity contribution < 1.29 is 9.47 Å². The zero-order valence-corrected chi connectivity index (χ0v) is 12.7. The zero-order valence-electron chi connectivity index (χ0n) is 12.7. The summed E-state index contributed by atoms with van der Waals surface area (Å²) in [5.74, 6) is 2.54. The maximum Gasteiger partial charge on any atom is 0.161 e. The summed E-state index contributed by atoms with van der Waals surface area (Å²) in [7, 11) is 0. The lowest BCUT2D eigenvalue weighted by Crippen LogP contribution is -2.21. The van der Waals surface area contributed by atoms with E-state index in [9.17, 15) is 0 Å². The van der Waals surface area contributed by atoms with Crippen LogP contribution in [0.15, 0.2) is 36.7 Å².